The molecule has 0 aromatic heterocycles. The van der Waals surface area contributed by atoms with Crippen molar-refractivity contribution >= 4 is 28.8 Å². The van der Waals surface area contributed by atoms with Crippen LogP contribution in [0.2, 0.25) is 0 Å². The zero-order valence-electron chi connectivity index (χ0n) is 18.2. The molecule has 1 amide bonds. The molecule has 0 bridgehead atoms. The number of carbonyl (C=O) groups excluding carboxylic acids is 2. The number of ether oxygens (including phenoxy) is 1. The van der Waals surface area contributed by atoms with Crippen LogP contribution in [-0.2, 0) is 14.3 Å². The van der Waals surface area contributed by atoms with Crippen LogP contribution in [0.5, 0.6) is 0 Å². The number of allylic oxidation sites excluding steroid dienone is 1. The number of piperazine rings is 1. The highest BCUT2D eigenvalue weighted by Crippen LogP contribution is 2.45. The summed E-state index contributed by atoms with van der Waals surface area (Å²) < 4.78 is 5.14. The Kier molecular flexibility index (Phi) is 6.48. The van der Waals surface area contributed by atoms with Crippen molar-refractivity contribution in [2.24, 2.45) is 4.99 Å². The molecular formula is C23H28N4O3S. The third-order valence-corrected chi connectivity index (χ3v) is 6.82. The molecule has 1 saturated heterocycles. The fourth-order valence-electron chi connectivity index (χ4n) is 4.19. The number of esters is 1. The second-order valence-corrected chi connectivity index (χ2v) is 8.71. The fraction of sp³-hybridized carbons (Fsp3) is 0.435. The molecule has 1 aromatic carbocycles. The third-order valence-electron chi connectivity index (χ3n) is 5.93. The SMILES string of the molecule is CCC1=C(C(=O)OC)[C@@H](c2ccccc2)N2C(CC(=O)N3CCN(C)CC3)=CSC2=N1. The number of hydrogen-bond donors (Lipinski definition) is 0. The number of hydrogen-bond acceptors (Lipinski definition) is 7. The number of fused-ring (bicyclic) bond motifs is 1. The Morgan fingerprint density at radius 2 is 1.87 bits per heavy atom. The molecule has 0 spiro atoms. The molecule has 0 N–H and O–H groups in total. The number of thioether (sulfide) groups is 1. The minimum atomic E-state index is -0.379. The van der Waals surface area contributed by atoms with Crippen LogP contribution in [0.25, 0.3) is 0 Å². The first-order valence-corrected chi connectivity index (χ1v) is 11.5. The lowest BCUT2D eigenvalue weighted by Gasteiger charge is -2.37. The number of rotatable bonds is 5. The maximum absolute atomic E-state index is 13.1. The number of benzene rings is 1. The fourth-order valence-corrected chi connectivity index (χ4v) is 5.12. The predicted molar refractivity (Wildman–Crippen MR) is 122 cm³/mol. The second-order valence-electron chi connectivity index (χ2n) is 7.87. The van der Waals surface area contributed by atoms with Crippen molar-refractivity contribution in [3.8, 4) is 0 Å². The van der Waals surface area contributed by atoms with Gasteiger partial charge in [-0.1, -0.05) is 49.0 Å². The van der Waals surface area contributed by atoms with Crippen LogP contribution in [-0.4, -0.2) is 72.1 Å². The molecule has 0 saturated carbocycles. The standard InChI is InChI=1S/C23H28N4O3S/c1-4-18-20(22(29)30-3)21(16-8-6-5-7-9-16)27-17(15-31-23(27)24-18)14-19(28)26-12-10-25(2)11-13-26/h5-9,15,21H,4,10-14H2,1-3H3/t21-/m1/s1. The van der Waals surface area contributed by atoms with E-state index in [0.29, 0.717) is 12.0 Å². The van der Waals surface area contributed by atoms with Crippen LogP contribution >= 0.6 is 11.8 Å². The Bertz CT molecular complexity index is 949. The molecule has 1 aromatic rings. The van der Waals surface area contributed by atoms with Crippen molar-refractivity contribution in [3.05, 3.63) is 58.3 Å². The van der Waals surface area contributed by atoms with E-state index in [1.54, 1.807) is 0 Å². The quantitative estimate of drug-likeness (QED) is 0.656. The van der Waals surface area contributed by atoms with Gasteiger partial charge in [0.25, 0.3) is 0 Å². The Morgan fingerprint density at radius 3 is 2.52 bits per heavy atom. The molecule has 8 heteroatoms. The van der Waals surface area contributed by atoms with Gasteiger partial charge in [-0.25, -0.2) is 9.79 Å². The molecule has 4 rings (SSSR count). The summed E-state index contributed by atoms with van der Waals surface area (Å²) in [7, 11) is 3.47. The van der Waals surface area contributed by atoms with Crippen LogP contribution in [0.15, 0.2) is 57.7 Å². The van der Waals surface area contributed by atoms with Gasteiger partial charge in [-0.3, -0.25) is 4.79 Å². The Labute approximate surface area is 187 Å². The van der Waals surface area contributed by atoms with Crippen molar-refractivity contribution in [2.75, 3.05) is 40.3 Å². The van der Waals surface area contributed by atoms with Crippen LogP contribution in [0, 0.1) is 0 Å². The molecule has 3 aliphatic rings. The van der Waals surface area contributed by atoms with E-state index in [4.69, 9.17) is 9.73 Å². The number of methoxy groups -OCH3 is 1. The Balaban J connectivity index is 1.67. The number of amides is 1. The van der Waals surface area contributed by atoms with Gasteiger partial charge in [-0.05, 0) is 24.4 Å². The summed E-state index contributed by atoms with van der Waals surface area (Å²) in [6, 6.07) is 9.53. The van der Waals surface area contributed by atoms with Gasteiger partial charge in [0.2, 0.25) is 5.91 Å². The zero-order chi connectivity index (χ0) is 22.0. The van der Waals surface area contributed by atoms with E-state index in [1.165, 1.54) is 18.9 Å². The van der Waals surface area contributed by atoms with Crippen molar-refractivity contribution in [1.82, 2.24) is 14.7 Å². The summed E-state index contributed by atoms with van der Waals surface area (Å²) in [5.74, 6) is -0.270. The molecule has 1 atom stereocenters. The lowest BCUT2D eigenvalue weighted by molar-refractivity contribution is -0.136. The summed E-state index contributed by atoms with van der Waals surface area (Å²) in [5, 5.41) is 2.80. The number of amidine groups is 1. The lowest BCUT2D eigenvalue weighted by Crippen LogP contribution is -2.47. The summed E-state index contributed by atoms with van der Waals surface area (Å²) in [5.41, 5.74) is 3.12. The van der Waals surface area contributed by atoms with E-state index in [2.05, 4.69) is 11.9 Å². The maximum Gasteiger partial charge on any atom is 0.338 e. The third kappa shape index (κ3) is 4.27. The molecule has 164 valence electrons. The first kappa shape index (κ1) is 21.6. The highest BCUT2D eigenvalue weighted by Gasteiger charge is 2.41. The molecule has 3 heterocycles. The van der Waals surface area contributed by atoms with Gasteiger partial charge in [-0.15, -0.1) is 0 Å². The van der Waals surface area contributed by atoms with Crippen molar-refractivity contribution in [1.29, 1.82) is 0 Å². The topological polar surface area (TPSA) is 65.5 Å². The maximum atomic E-state index is 13.1. The number of likely N-dealkylation sites (N-methyl/N-ethyl adjacent to an activating group) is 1. The Morgan fingerprint density at radius 1 is 1.16 bits per heavy atom. The van der Waals surface area contributed by atoms with Crippen molar-refractivity contribution in [2.45, 2.75) is 25.8 Å². The van der Waals surface area contributed by atoms with Crippen molar-refractivity contribution < 1.29 is 14.3 Å². The average Bonchev–Trinajstić information content (AvgIpc) is 3.20. The van der Waals surface area contributed by atoms with E-state index in [9.17, 15) is 9.59 Å². The van der Waals surface area contributed by atoms with E-state index in [1.807, 2.05) is 52.5 Å². The van der Waals surface area contributed by atoms with Gasteiger partial charge in [0, 0.05) is 31.9 Å². The first-order valence-electron chi connectivity index (χ1n) is 10.6. The van der Waals surface area contributed by atoms with Crippen molar-refractivity contribution in [3.63, 3.8) is 0 Å². The predicted octanol–water partition coefficient (Wildman–Crippen LogP) is 2.99. The van der Waals surface area contributed by atoms with Crippen LogP contribution in [0.4, 0.5) is 0 Å². The minimum absolute atomic E-state index is 0.109. The zero-order valence-corrected chi connectivity index (χ0v) is 19.0. The molecule has 1 fully saturated rings. The molecule has 0 radical (unpaired) electrons. The van der Waals surface area contributed by atoms with Crippen LogP contribution < -0.4 is 0 Å². The lowest BCUT2D eigenvalue weighted by atomic mass is 9.93. The number of carbonyl (C=O) groups is 2. The molecule has 3 aliphatic heterocycles. The smallest absolute Gasteiger partial charge is 0.338 e. The number of nitrogens with zero attached hydrogens (tertiary/aromatic N) is 4. The summed E-state index contributed by atoms with van der Waals surface area (Å²) >= 11 is 1.51. The molecule has 0 aliphatic carbocycles. The van der Waals surface area contributed by atoms with E-state index in [-0.39, 0.29) is 24.3 Å². The summed E-state index contributed by atoms with van der Waals surface area (Å²) in [6.45, 7) is 5.25. The Hall–Kier alpha value is -2.58. The molecular weight excluding hydrogens is 412 g/mol. The highest BCUT2D eigenvalue weighted by molar-refractivity contribution is 8.16. The van der Waals surface area contributed by atoms with E-state index < -0.39 is 0 Å². The highest BCUT2D eigenvalue weighted by atomic mass is 32.2. The average molecular weight is 441 g/mol. The van der Waals surface area contributed by atoms with E-state index in [0.717, 1.165) is 48.3 Å². The van der Waals surface area contributed by atoms with Crippen LogP contribution in [0.1, 0.15) is 31.4 Å². The van der Waals surface area contributed by atoms with Gasteiger partial charge in [0.15, 0.2) is 5.17 Å². The van der Waals surface area contributed by atoms with Gasteiger partial charge in [-0.2, -0.15) is 0 Å². The minimum Gasteiger partial charge on any atom is -0.466 e. The van der Waals surface area contributed by atoms with Gasteiger partial charge >= 0.3 is 5.97 Å². The first-order chi connectivity index (χ1) is 15.0. The van der Waals surface area contributed by atoms with Crippen LogP contribution in [0.3, 0.4) is 0 Å². The van der Waals surface area contributed by atoms with Gasteiger partial charge in [0.1, 0.15) is 0 Å². The van der Waals surface area contributed by atoms with Gasteiger partial charge in [0.05, 0.1) is 30.8 Å². The monoisotopic (exact) mass is 440 g/mol. The van der Waals surface area contributed by atoms with Gasteiger partial charge < -0.3 is 19.4 Å². The normalized spacial score (nSPS) is 21.6. The second kappa shape index (κ2) is 9.28. The molecule has 7 nitrogen and oxygen atoms in total. The van der Waals surface area contributed by atoms with E-state index >= 15 is 0 Å². The molecule has 31 heavy (non-hydrogen) atoms. The summed E-state index contributed by atoms with van der Waals surface area (Å²) in [6.07, 6.45) is 0.913. The number of aliphatic imine (C=N–C) groups is 1. The largest absolute Gasteiger partial charge is 0.466 e. The summed E-state index contributed by atoms with van der Waals surface area (Å²) in [4.78, 5) is 36.9. The molecule has 0 unspecified atom stereocenters.